The quantitative estimate of drug-likeness (QED) is 0.402. The number of hydrogen-bond donors (Lipinski definition) is 2. The van der Waals surface area contributed by atoms with Crippen molar-refractivity contribution in [3.05, 3.63) is 93.3 Å². The highest BCUT2D eigenvalue weighted by Crippen LogP contribution is 2.28. The topological polar surface area (TPSA) is 54.3 Å². The Hall–Kier alpha value is -2.89. The van der Waals surface area contributed by atoms with Crippen LogP contribution in [0.25, 0.3) is 10.9 Å². The minimum absolute atomic E-state index is 0.373. The average molecular weight is 405 g/mol. The zero-order chi connectivity index (χ0) is 20.2. The van der Waals surface area contributed by atoms with Crippen molar-refractivity contribution < 1.29 is 9.90 Å². The molecule has 0 aliphatic heterocycles. The number of nitrogens with zero attached hydrogens (tertiary/aromatic N) is 1. The maximum absolute atomic E-state index is 12.3. The van der Waals surface area contributed by atoms with Crippen molar-refractivity contribution in [1.82, 2.24) is 9.88 Å². The molecule has 4 rings (SSSR count). The summed E-state index contributed by atoms with van der Waals surface area (Å²) in [4.78, 5) is 13.6. The molecule has 2 N–H and O–H groups in total. The molecule has 0 fully saturated rings. The molecule has 148 valence electrons. The highest BCUT2D eigenvalue weighted by Gasteiger charge is 2.22. The molecule has 0 radical (unpaired) electrons. The summed E-state index contributed by atoms with van der Waals surface area (Å²) in [5, 5.41) is 16.6. The third kappa shape index (κ3) is 4.11. The van der Waals surface area contributed by atoms with Crippen LogP contribution in [-0.4, -0.2) is 22.2 Å². The molecule has 0 atom stereocenters. The Bertz CT molecular complexity index is 1130. The van der Waals surface area contributed by atoms with E-state index in [1.54, 1.807) is 11.3 Å². The maximum Gasteiger partial charge on any atom is 0.352 e. The van der Waals surface area contributed by atoms with Gasteiger partial charge in [0.1, 0.15) is 5.69 Å². The Kier molecular flexibility index (Phi) is 5.79. The monoisotopic (exact) mass is 404 g/mol. The van der Waals surface area contributed by atoms with E-state index in [2.05, 4.69) is 41.9 Å². The SMILES string of the molecule is Cc1ccccc1Cn1c(C(=O)O)c(CNCCc2cccs2)c2ccccc21. The number of thiophene rings is 1. The van der Waals surface area contributed by atoms with Gasteiger partial charge in [0.15, 0.2) is 0 Å². The molecule has 0 aliphatic rings. The predicted octanol–water partition coefficient (Wildman–Crippen LogP) is 5.09. The van der Waals surface area contributed by atoms with Crippen LogP contribution in [-0.2, 0) is 19.5 Å². The Balaban J connectivity index is 1.67. The van der Waals surface area contributed by atoms with Gasteiger partial charge in [-0.1, -0.05) is 48.5 Å². The first-order valence-electron chi connectivity index (χ1n) is 9.76. The van der Waals surface area contributed by atoms with Gasteiger partial charge in [0.25, 0.3) is 0 Å². The van der Waals surface area contributed by atoms with E-state index in [0.29, 0.717) is 18.8 Å². The van der Waals surface area contributed by atoms with Crippen molar-refractivity contribution >= 4 is 28.2 Å². The number of aryl methyl sites for hydroxylation is 1. The van der Waals surface area contributed by atoms with E-state index < -0.39 is 5.97 Å². The number of benzene rings is 2. The number of aromatic carboxylic acids is 1. The van der Waals surface area contributed by atoms with E-state index in [1.807, 2.05) is 41.0 Å². The number of fused-ring (bicyclic) bond motifs is 1. The van der Waals surface area contributed by atoms with E-state index in [4.69, 9.17) is 0 Å². The Labute approximate surface area is 174 Å². The molecular formula is C24H24N2O2S. The van der Waals surface area contributed by atoms with Gasteiger partial charge in [0.05, 0.1) is 0 Å². The number of carbonyl (C=O) groups is 1. The molecule has 0 saturated heterocycles. The molecule has 2 aromatic heterocycles. The maximum atomic E-state index is 12.3. The molecule has 0 saturated carbocycles. The van der Waals surface area contributed by atoms with Gasteiger partial charge in [-0.3, -0.25) is 0 Å². The fraction of sp³-hybridized carbons (Fsp3) is 0.208. The number of carboxylic acid groups (broad SMARTS) is 1. The molecular weight excluding hydrogens is 380 g/mol. The second-order valence-electron chi connectivity index (χ2n) is 7.17. The summed E-state index contributed by atoms with van der Waals surface area (Å²) < 4.78 is 1.94. The van der Waals surface area contributed by atoms with Crippen LogP contribution in [0.5, 0.6) is 0 Å². The van der Waals surface area contributed by atoms with Crippen molar-refractivity contribution in [2.45, 2.75) is 26.4 Å². The Morgan fingerprint density at radius 2 is 1.86 bits per heavy atom. The van der Waals surface area contributed by atoms with Gasteiger partial charge in [0, 0.05) is 41.0 Å². The lowest BCUT2D eigenvalue weighted by molar-refractivity contribution is 0.0684. The molecule has 5 heteroatoms. The highest BCUT2D eigenvalue weighted by atomic mass is 32.1. The minimum atomic E-state index is -0.884. The van der Waals surface area contributed by atoms with Gasteiger partial charge in [-0.15, -0.1) is 11.3 Å². The van der Waals surface area contributed by atoms with Crippen LogP contribution in [0.2, 0.25) is 0 Å². The van der Waals surface area contributed by atoms with Crippen LogP contribution >= 0.6 is 11.3 Å². The van der Waals surface area contributed by atoms with Crippen LogP contribution in [0.4, 0.5) is 0 Å². The molecule has 0 aliphatic carbocycles. The number of para-hydroxylation sites is 1. The van der Waals surface area contributed by atoms with Gasteiger partial charge < -0.3 is 15.0 Å². The molecule has 0 bridgehead atoms. The van der Waals surface area contributed by atoms with Gasteiger partial charge in [0.2, 0.25) is 0 Å². The first kappa shape index (κ1) is 19.4. The molecule has 4 nitrogen and oxygen atoms in total. The normalized spacial score (nSPS) is 11.2. The van der Waals surface area contributed by atoms with E-state index >= 15 is 0 Å². The lowest BCUT2D eigenvalue weighted by atomic mass is 10.1. The summed E-state index contributed by atoms with van der Waals surface area (Å²) in [5.74, 6) is -0.884. The first-order valence-corrected chi connectivity index (χ1v) is 10.6. The van der Waals surface area contributed by atoms with Crippen LogP contribution in [0.15, 0.2) is 66.0 Å². The van der Waals surface area contributed by atoms with E-state index in [9.17, 15) is 9.90 Å². The molecule has 2 aromatic carbocycles. The summed E-state index contributed by atoms with van der Waals surface area (Å²) in [6, 6.07) is 20.3. The molecule has 4 aromatic rings. The lowest BCUT2D eigenvalue weighted by Crippen LogP contribution is -2.19. The zero-order valence-corrected chi connectivity index (χ0v) is 17.2. The first-order chi connectivity index (χ1) is 14.1. The standard InChI is InChI=1S/C24H24N2O2S/c1-17-7-2-3-8-18(17)16-26-22-11-5-4-10-20(22)21(23(26)24(27)28)15-25-13-12-19-9-6-14-29-19/h2-11,14,25H,12-13,15-16H2,1H3,(H,27,28). The van der Waals surface area contributed by atoms with Crippen molar-refractivity contribution in [2.75, 3.05) is 6.54 Å². The number of rotatable bonds is 8. The third-order valence-corrected chi connectivity index (χ3v) is 6.23. The van der Waals surface area contributed by atoms with E-state index in [-0.39, 0.29) is 0 Å². The largest absolute Gasteiger partial charge is 0.477 e. The zero-order valence-electron chi connectivity index (χ0n) is 16.4. The van der Waals surface area contributed by atoms with Gasteiger partial charge >= 0.3 is 5.97 Å². The van der Waals surface area contributed by atoms with Crippen LogP contribution in [0.3, 0.4) is 0 Å². The molecule has 29 heavy (non-hydrogen) atoms. The molecule has 0 amide bonds. The average Bonchev–Trinajstić information content (AvgIpc) is 3.34. The lowest BCUT2D eigenvalue weighted by Gasteiger charge is -2.12. The van der Waals surface area contributed by atoms with E-state index in [1.165, 1.54) is 4.88 Å². The summed E-state index contributed by atoms with van der Waals surface area (Å²) in [6.07, 6.45) is 0.946. The van der Waals surface area contributed by atoms with Crippen molar-refractivity contribution in [2.24, 2.45) is 0 Å². The minimum Gasteiger partial charge on any atom is -0.477 e. The smallest absolute Gasteiger partial charge is 0.352 e. The van der Waals surface area contributed by atoms with Crippen molar-refractivity contribution in [1.29, 1.82) is 0 Å². The highest BCUT2D eigenvalue weighted by molar-refractivity contribution is 7.09. The predicted molar refractivity (Wildman–Crippen MR) is 119 cm³/mol. The number of nitrogens with one attached hydrogen (secondary N) is 1. The fourth-order valence-corrected chi connectivity index (χ4v) is 4.51. The van der Waals surface area contributed by atoms with Crippen LogP contribution in [0, 0.1) is 6.92 Å². The van der Waals surface area contributed by atoms with Crippen LogP contribution < -0.4 is 5.32 Å². The van der Waals surface area contributed by atoms with Crippen LogP contribution in [0.1, 0.15) is 32.1 Å². The summed E-state index contributed by atoms with van der Waals surface area (Å²) in [5.41, 5.74) is 4.49. The molecule has 0 spiro atoms. The number of hydrogen-bond acceptors (Lipinski definition) is 3. The van der Waals surface area contributed by atoms with Crippen molar-refractivity contribution in [3.63, 3.8) is 0 Å². The second-order valence-corrected chi connectivity index (χ2v) is 8.20. The molecule has 0 unspecified atom stereocenters. The summed E-state index contributed by atoms with van der Waals surface area (Å²) in [7, 11) is 0. The van der Waals surface area contributed by atoms with Gasteiger partial charge in [-0.2, -0.15) is 0 Å². The number of carboxylic acids is 1. The molecule has 2 heterocycles. The fourth-order valence-electron chi connectivity index (χ4n) is 3.80. The second kappa shape index (κ2) is 8.64. The number of aromatic nitrogens is 1. The van der Waals surface area contributed by atoms with E-state index in [0.717, 1.165) is 40.6 Å². The summed E-state index contributed by atoms with van der Waals surface area (Å²) in [6.45, 7) is 3.96. The van der Waals surface area contributed by atoms with Crippen molar-refractivity contribution in [3.8, 4) is 0 Å². The van der Waals surface area contributed by atoms with Gasteiger partial charge in [-0.25, -0.2) is 4.79 Å². The summed E-state index contributed by atoms with van der Waals surface area (Å²) >= 11 is 1.75. The Morgan fingerprint density at radius 1 is 1.07 bits per heavy atom. The third-order valence-electron chi connectivity index (χ3n) is 5.30. The Morgan fingerprint density at radius 3 is 2.62 bits per heavy atom. The van der Waals surface area contributed by atoms with Gasteiger partial charge in [-0.05, 0) is 42.0 Å².